The molecule has 1 amide bonds. The first kappa shape index (κ1) is 15.1. The molecule has 1 atom stereocenters. The summed E-state index contributed by atoms with van der Waals surface area (Å²) in [5.74, 6) is -0.174. The lowest BCUT2D eigenvalue weighted by molar-refractivity contribution is -0.115. The Labute approximate surface area is 130 Å². The molecule has 104 valence electrons. The van der Waals surface area contributed by atoms with Crippen molar-refractivity contribution in [2.45, 2.75) is 17.3 Å². The monoisotopic (exact) mass is 327 g/mol. The number of benzene rings is 1. The van der Waals surface area contributed by atoms with Gasteiger partial charge in [-0.05, 0) is 31.2 Å². The number of aromatic nitrogens is 2. The number of carbonyl (C=O) groups is 1. The average Bonchev–Trinajstić information content (AvgIpc) is 2.43. The minimum atomic E-state index is -0.343. The van der Waals surface area contributed by atoms with Crippen LogP contribution < -0.4 is 5.32 Å². The highest BCUT2D eigenvalue weighted by Crippen LogP contribution is 2.27. The maximum absolute atomic E-state index is 12.1. The minimum absolute atomic E-state index is 0.174. The highest BCUT2D eigenvalue weighted by molar-refractivity contribution is 8.00. The fourth-order valence-electron chi connectivity index (χ4n) is 1.38. The van der Waals surface area contributed by atoms with E-state index in [1.807, 2.05) is 0 Å². The third kappa shape index (κ3) is 4.10. The normalized spacial score (nSPS) is 11.9. The van der Waals surface area contributed by atoms with E-state index in [0.29, 0.717) is 20.9 Å². The zero-order valence-electron chi connectivity index (χ0n) is 10.5. The third-order valence-electron chi connectivity index (χ3n) is 2.38. The summed E-state index contributed by atoms with van der Waals surface area (Å²) in [6, 6.07) is 6.64. The molecule has 0 aliphatic rings. The molecular weight excluding hydrogens is 317 g/mol. The standard InChI is InChI=1S/C13H11Cl2N3OS/c1-8(20-13-16-5-2-6-17-13)12(19)18-11-4-3-9(14)7-10(11)15/h2-8H,1H3,(H,18,19)/t8-/m0/s1. The van der Waals surface area contributed by atoms with Crippen molar-refractivity contribution in [2.24, 2.45) is 0 Å². The van der Waals surface area contributed by atoms with Gasteiger partial charge < -0.3 is 5.32 Å². The predicted molar refractivity (Wildman–Crippen MR) is 82.4 cm³/mol. The number of rotatable bonds is 4. The molecule has 2 rings (SSSR count). The Hall–Kier alpha value is -1.30. The summed E-state index contributed by atoms with van der Waals surface area (Å²) in [5, 5.41) is 3.88. The van der Waals surface area contributed by atoms with Crippen LogP contribution in [0.15, 0.2) is 41.8 Å². The van der Waals surface area contributed by atoms with E-state index in [4.69, 9.17) is 23.2 Å². The quantitative estimate of drug-likeness (QED) is 0.683. The second-order valence-electron chi connectivity index (χ2n) is 3.90. The number of nitrogens with one attached hydrogen (secondary N) is 1. The Morgan fingerprint density at radius 3 is 2.65 bits per heavy atom. The summed E-state index contributed by atoms with van der Waals surface area (Å²) in [7, 11) is 0. The molecule has 0 bridgehead atoms. The van der Waals surface area contributed by atoms with E-state index in [0.717, 1.165) is 0 Å². The van der Waals surface area contributed by atoms with E-state index in [9.17, 15) is 4.79 Å². The lowest BCUT2D eigenvalue weighted by Crippen LogP contribution is -2.22. The first-order chi connectivity index (χ1) is 9.56. The summed E-state index contributed by atoms with van der Waals surface area (Å²) < 4.78 is 0. The van der Waals surface area contributed by atoms with Gasteiger partial charge in [-0.15, -0.1) is 0 Å². The molecule has 0 saturated carbocycles. The van der Waals surface area contributed by atoms with Crippen LogP contribution >= 0.6 is 35.0 Å². The zero-order chi connectivity index (χ0) is 14.5. The molecule has 0 aliphatic carbocycles. The van der Waals surface area contributed by atoms with Gasteiger partial charge >= 0.3 is 0 Å². The number of hydrogen-bond acceptors (Lipinski definition) is 4. The van der Waals surface area contributed by atoms with E-state index in [1.165, 1.54) is 11.8 Å². The number of nitrogens with zero attached hydrogens (tertiary/aromatic N) is 2. The molecule has 2 aromatic rings. The molecule has 1 aromatic heterocycles. The lowest BCUT2D eigenvalue weighted by atomic mass is 10.3. The minimum Gasteiger partial charge on any atom is -0.324 e. The molecule has 0 aliphatic heterocycles. The molecule has 1 heterocycles. The predicted octanol–water partition coefficient (Wildman–Crippen LogP) is 3.90. The first-order valence-electron chi connectivity index (χ1n) is 5.76. The van der Waals surface area contributed by atoms with Crippen molar-refractivity contribution < 1.29 is 4.79 Å². The highest BCUT2D eigenvalue weighted by Gasteiger charge is 2.16. The molecule has 0 spiro atoms. The Morgan fingerprint density at radius 2 is 2.00 bits per heavy atom. The van der Waals surface area contributed by atoms with Crippen molar-refractivity contribution >= 4 is 46.6 Å². The van der Waals surface area contributed by atoms with Crippen LogP contribution in [0.4, 0.5) is 5.69 Å². The average molecular weight is 328 g/mol. The SMILES string of the molecule is C[C@H](Sc1ncccn1)C(=O)Nc1ccc(Cl)cc1Cl. The van der Waals surface area contributed by atoms with Crippen molar-refractivity contribution in [2.75, 3.05) is 5.32 Å². The van der Waals surface area contributed by atoms with Gasteiger partial charge in [0.15, 0.2) is 5.16 Å². The summed E-state index contributed by atoms with van der Waals surface area (Å²) in [6.45, 7) is 1.78. The van der Waals surface area contributed by atoms with Crippen molar-refractivity contribution in [3.8, 4) is 0 Å². The molecule has 0 radical (unpaired) electrons. The molecular formula is C13H11Cl2N3OS. The van der Waals surface area contributed by atoms with Gasteiger partial charge in [0, 0.05) is 17.4 Å². The Morgan fingerprint density at radius 1 is 1.30 bits per heavy atom. The van der Waals surface area contributed by atoms with Gasteiger partial charge in [-0.1, -0.05) is 35.0 Å². The van der Waals surface area contributed by atoms with E-state index >= 15 is 0 Å². The van der Waals surface area contributed by atoms with Gasteiger partial charge in [-0.3, -0.25) is 4.79 Å². The van der Waals surface area contributed by atoms with Crippen LogP contribution in [0.2, 0.25) is 10.0 Å². The second-order valence-corrected chi connectivity index (χ2v) is 6.06. The molecule has 1 N–H and O–H groups in total. The smallest absolute Gasteiger partial charge is 0.237 e. The summed E-state index contributed by atoms with van der Waals surface area (Å²) in [6.07, 6.45) is 3.27. The van der Waals surface area contributed by atoms with Crippen LogP contribution in [-0.4, -0.2) is 21.1 Å². The van der Waals surface area contributed by atoms with E-state index in [-0.39, 0.29) is 11.2 Å². The number of carbonyl (C=O) groups excluding carboxylic acids is 1. The van der Waals surface area contributed by atoms with E-state index < -0.39 is 0 Å². The zero-order valence-corrected chi connectivity index (χ0v) is 12.8. The van der Waals surface area contributed by atoms with Gasteiger partial charge in [0.1, 0.15) is 0 Å². The lowest BCUT2D eigenvalue weighted by Gasteiger charge is -2.12. The summed E-state index contributed by atoms with van der Waals surface area (Å²) in [5.41, 5.74) is 0.530. The van der Waals surface area contributed by atoms with Crippen LogP contribution in [-0.2, 0) is 4.79 Å². The highest BCUT2D eigenvalue weighted by atomic mass is 35.5. The topological polar surface area (TPSA) is 54.9 Å². The van der Waals surface area contributed by atoms with Crippen LogP contribution in [0.25, 0.3) is 0 Å². The van der Waals surface area contributed by atoms with Gasteiger partial charge in [0.05, 0.1) is 16.0 Å². The molecule has 0 saturated heterocycles. The van der Waals surface area contributed by atoms with Crippen LogP contribution in [0.3, 0.4) is 0 Å². The van der Waals surface area contributed by atoms with Crippen molar-refractivity contribution in [1.29, 1.82) is 0 Å². The molecule has 4 nitrogen and oxygen atoms in total. The van der Waals surface area contributed by atoms with Gasteiger partial charge in [-0.2, -0.15) is 0 Å². The van der Waals surface area contributed by atoms with Crippen LogP contribution in [0.5, 0.6) is 0 Å². The number of halogens is 2. The number of hydrogen-bond donors (Lipinski definition) is 1. The Bertz CT molecular complexity index is 610. The first-order valence-corrected chi connectivity index (χ1v) is 7.39. The summed E-state index contributed by atoms with van der Waals surface area (Å²) >= 11 is 13.1. The second kappa shape index (κ2) is 6.92. The Kier molecular flexibility index (Phi) is 5.23. The van der Waals surface area contributed by atoms with Gasteiger partial charge in [0.2, 0.25) is 5.91 Å². The molecule has 0 unspecified atom stereocenters. The largest absolute Gasteiger partial charge is 0.324 e. The van der Waals surface area contributed by atoms with Crippen molar-refractivity contribution in [3.05, 3.63) is 46.7 Å². The van der Waals surface area contributed by atoms with E-state index in [2.05, 4.69) is 15.3 Å². The fraction of sp³-hybridized carbons (Fsp3) is 0.154. The Balaban J connectivity index is 2.01. The summed E-state index contributed by atoms with van der Waals surface area (Å²) in [4.78, 5) is 20.2. The fourth-order valence-corrected chi connectivity index (χ4v) is 2.56. The van der Waals surface area contributed by atoms with Gasteiger partial charge in [-0.25, -0.2) is 9.97 Å². The third-order valence-corrected chi connectivity index (χ3v) is 3.92. The molecule has 7 heteroatoms. The van der Waals surface area contributed by atoms with Crippen molar-refractivity contribution in [3.63, 3.8) is 0 Å². The van der Waals surface area contributed by atoms with Gasteiger partial charge in [0.25, 0.3) is 0 Å². The van der Waals surface area contributed by atoms with Crippen LogP contribution in [0, 0.1) is 0 Å². The number of anilines is 1. The molecule has 0 fully saturated rings. The molecule has 20 heavy (non-hydrogen) atoms. The maximum atomic E-state index is 12.1. The maximum Gasteiger partial charge on any atom is 0.237 e. The van der Waals surface area contributed by atoms with Crippen molar-refractivity contribution in [1.82, 2.24) is 9.97 Å². The van der Waals surface area contributed by atoms with Crippen LogP contribution in [0.1, 0.15) is 6.92 Å². The number of amides is 1. The number of thioether (sulfide) groups is 1. The van der Waals surface area contributed by atoms with E-state index in [1.54, 1.807) is 43.6 Å². The molecule has 1 aromatic carbocycles.